The summed E-state index contributed by atoms with van der Waals surface area (Å²) in [6.07, 6.45) is 3.85. The fourth-order valence-electron chi connectivity index (χ4n) is 3.14. The van der Waals surface area contributed by atoms with Crippen molar-refractivity contribution in [3.05, 3.63) is 23.9 Å². The summed E-state index contributed by atoms with van der Waals surface area (Å²) in [4.78, 5) is 7.13. The highest BCUT2D eigenvalue weighted by Crippen LogP contribution is 2.33. The van der Waals surface area contributed by atoms with E-state index in [2.05, 4.69) is 35.2 Å². The van der Waals surface area contributed by atoms with Crippen molar-refractivity contribution in [2.45, 2.75) is 32.2 Å². The van der Waals surface area contributed by atoms with Gasteiger partial charge in [-0.3, -0.25) is 4.90 Å². The number of hydrogen-bond acceptors (Lipinski definition) is 4. The van der Waals surface area contributed by atoms with E-state index >= 15 is 0 Å². The smallest absolute Gasteiger partial charge is 0.213 e. The van der Waals surface area contributed by atoms with Gasteiger partial charge in [0, 0.05) is 6.07 Å². The van der Waals surface area contributed by atoms with Crippen LogP contribution in [-0.4, -0.2) is 43.7 Å². The summed E-state index contributed by atoms with van der Waals surface area (Å²) in [5.74, 6) is 1.32. The van der Waals surface area contributed by atoms with Gasteiger partial charge in [-0.1, -0.05) is 19.4 Å². The molecule has 2 atom stereocenters. The topological polar surface area (TPSA) is 37.4 Å². The van der Waals surface area contributed by atoms with Crippen LogP contribution in [0.2, 0.25) is 0 Å². The molecule has 1 aromatic rings. The van der Waals surface area contributed by atoms with Gasteiger partial charge in [-0.15, -0.1) is 0 Å². The Morgan fingerprint density at radius 1 is 1.40 bits per heavy atom. The van der Waals surface area contributed by atoms with Crippen molar-refractivity contribution in [1.29, 1.82) is 0 Å². The Morgan fingerprint density at radius 3 is 3.00 bits per heavy atom. The monoisotopic (exact) mass is 277 g/mol. The van der Waals surface area contributed by atoms with Crippen LogP contribution in [0.1, 0.15) is 37.9 Å². The van der Waals surface area contributed by atoms with E-state index in [9.17, 15) is 0 Å². The normalized spacial score (nSPS) is 24.4. The second-order valence-electron chi connectivity index (χ2n) is 5.59. The van der Waals surface area contributed by atoms with Gasteiger partial charge in [-0.25, -0.2) is 4.98 Å². The molecule has 4 nitrogen and oxygen atoms in total. The molecule has 2 heterocycles. The van der Waals surface area contributed by atoms with Crippen molar-refractivity contribution in [2.75, 3.05) is 33.8 Å². The molecular weight excluding hydrogens is 250 g/mol. The number of aromatic nitrogens is 1. The van der Waals surface area contributed by atoms with E-state index in [1.807, 2.05) is 12.1 Å². The molecule has 0 bridgehead atoms. The molecule has 0 aliphatic carbocycles. The zero-order valence-corrected chi connectivity index (χ0v) is 12.9. The molecule has 0 spiro atoms. The summed E-state index contributed by atoms with van der Waals surface area (Å²) in [5, 5.41) is 3.51. The van der Waals surface area contributed by atoms with Crippen molar-refractivity contribution in [3.63, 3.8) is 0 Å². The maximum atomic E-state index is 5.28. The second kappa shape index (κ2) is 7.60. The Balaban J connectivity index is 2.24. The number of nitrogens with one attached hydrogen (secondary N) is 1. The first-order valence-corrected chi connectivity index (χ1v) is 7.68. The average Bonchev–Trinajstić information content (AvgIpc) is 2.66. The highest BCUT2D eigenvalue weighted by Gasteiger charge is 2.29. The number of nitrogens with zero attached hydrogens (tertiary/aromatic N) is 2. The molecule has 2 unspecified atom stereocenters. The molecule has 1 saturated heterocycles. The fourth-order valence-corrected chi connectivity index (χ4v) is 3.14. The van der Waals surface area contributed by atoms with Gasteiger partial charge in [-0.05, 0) is 51.5 Å². The van der Waals surface area contributed by atoms with Crippen LogP contribution in [-0.2, 0) is 0 Å². The Morgan fingerprint density at radius 2 is 2.25 bits per heavy atom. The van der Waals surface area contributed by atoms with Gasteiger partial charge in [0.25, 0.3) is 0 Å². The lowest BCUT2D eigenvalue weighted by atomic mass is 9.92. The van der Waals surface area contributed by atoms with Gasteiger partial charge >= 0.3 is 0 Å². The minimum absolute atomic E-state index is 0.381. The number of hydrogen-bond donors (Lipinski definition) is 1. The first kappa shape index (κ1) is 15.3. The third-order valence-corrected chi connectivity index (χ3v) is 4.17. The molecule has 1 aliphatic rings. The summed E-state index contributed by atoms with van der Waals surface area (Å²) in [6.45, 7) is 5.40. The standard InChI is InChI=1S/C16H27N3O/c1-4-17-12-13-8-5-6-11-19(2)16(13)14-9-7-10-15(18-14)20-3/h7,9-10,13,16-17H,4-6,8,11-12H2,1-3H3. The minimum Gasteiger partial charge on any atom is -0.481 e. The number of rotatable bonds is 5. The van der Waals surface area contributed by atoms with Crippen molar-refractivity contribution in [3.8, 4) is 5.88 Å². The highest BCUT2D eigenvalue weighted by atomic mass is 16.5. The summed E-state index contributed by atoms with van der Waals surface area (Å²) in [5.41, 5.74) is 1.14. The van der Waals surface area contributed by atoms with Crippen molar-refractivity contribution >= 4 is 0 Å². The lowest BCUT2D eigenvalue weighted by Crippen LogP contribution is -2.35. The van der Waals surface area contributed by atoms with Crippen LogP contribution in [0.15, 0.2) is 18.2 Å². The summed E-state index contributed by atoms with van der Waals surface area (Å²) in [6, 6.07) is 6.48. The van der Waals surface area contributed by atoms with Crippen molar-refractivity contribution in [2.24, 2.45) is 5.92 Å². The maximum absolute atomic E-state index is 5.28. The van der Waals surface area contributed by atoms with Crippen LogP contribution in [0.3, 0.4) is 0 Å². The van der Waals surface area contributed by atoms with Gasteiger partial charge in [0.2, 0.25) is 5.88 Å². The molecule has 0 radical (unpaired) electrons. The second-order valence-corrected chi connectivity index (χ2v) is 5.59. The van der Waals surface area contributed by atoms with E-state index in [4.69, 9.17) is 4.74 Å². The summed E-state index contributed by atoms with van der Waals surface area (Å²) in [7, 11) is 3.90. The molecule has 2 rings (SSSR count). The fraction of sp³-hybridized carbons (Fsp3) is 0.688. The SMILES string of the molecule is CCNCC1CCCCN(C)C1c1cccc(OC)n1. The Hall–Kier alpha value is -1.13. The van der Waals surface area contributed by atoms with E-state index in [0.29, 0.717) is 17.8 Å². The maximum Gasteiger partial charge on any atom is 0.213 e. The van der Waals surface area contributed by atoms with Gasteiger partial charge in [0.05, 0.1) is 18.8 Å². The molecule has 1 aromatic heterocycles. The summed E-state index contributed by atoms with van der Waals surface area (Å²) >= 11 is 0. The first-order chi connectivity index (χ1) is 9.76. The minimum atomic E-state index is 0.381. The third kappa shape index (κ3) is 3.70. The van der Waals surface area contributed by atoms with Gasteiger partial charge in [-0.2, -0.15) is 0 Å². The van der Waals surface area contributed by atoms with Crippen LogP contribution >= 0.6 is 0 Å². The van der Waals surface area contributed by atoms with E-state index < -0.39 is 0 Å². The molecule has 112 valence electrons. The van der Waals surface area contributed by atoms with Gasteiger partial charge in [0.1, 0.15) is 0 Å². The molecule has 4 heteroatoms. The zero-order valence-electron chi connectivity index (χ0n) is 12.9. The first-order valence-electron chi connectivity index (χ1n) is 7.68. The molecule has 1 N–H and O–H groups in total. The number of methoxy groups -OCH3 is 1. The van der Waals surface area contributed by atoms with E-state index in [1.54, 1.807) is 7.11 Å². The van der Waals surface area contributed by atoms with Crippen LogP contribution in [0, 0.1) is 5.92 Å². The van der Waals surface area contributed by atoms with E-state index in [-0.39, 0.29) is 0 Å². The van der Waals surface area contributed by atoms with Crippen molar-refractivity contribution in [1.82, 2.24) is 15.2 Å². The van der Waals surface area contributed by atoms with Gasteiger partial charge in [0.15, 0.2) is 0 Å². The van der Waals surface area contributed by atoms with Crippen LogP contribution in [0.25, 0.3) is 0 Å². The predicted molar refractivity (Wildman–Crippen MR) is 82.0 cm³/mol. The molecule has 0 amide bonds. The zero-order chi connectivity index (χ0) is 14.4. The Kier molecular flexibility index (Phi) is 5.80. The predicted octanol–water partition coefficient (Wildman–Crippen LogP) is 2.47. The van der Waals surface area contributed by atoms with E-state index in [0.717, 1.165) is 25.3 Å². The van der Waals surface area contributed by atoms with Crippen LogP contribution in [0.5, 0.6) is 5.88 Å². The average molecular weight is 277 g/mol. The lowest BCUT2D eigenvalue weighted by Gasteiger charge is -2.32. The molecule has 1 aliphatic heterocycles. The van der Waals surface area contributed by atoms with Crippen molar-refractivity contribution < 1.29 is 4.74 Å². The van der Waals surface area contributed by atoms with Gasteiger partial charge < -0.3 is 10.1 Å². The lowest BCUT2D eigenvalue weighted by molar-refractivity contribution is 0.184. The molecular formula is C16H27N3O. The largest absolute Gasteiger partial charge is 0.481 e. The Labute approximate surface area is 122 Å². The quantitative estimate of drug-likeness (QED) is 0.897. The number of pyridine rings is 1. The molecule has 0 aromatic carbocycles. The number of ether oxygens (including phenoxy) is 1. The Bertz CT molecular complexity index is 410. The molecule has 20 heavy (non-hydrogen) atoms. The molecule has 1 fully saturated rings. The van der Waals surface area contributed by atoms with E-state index in [1.165, 1.54) is 19.3 Å². The molecule has 0 saturated carbocycles. The third-order valence-electron chi connectivity index (χ3n) is 4.17. The highest BCUT2D eigenvalue weighted by molar-refractivity contribution is 5.19. The number of likely N-dealkylation sites (tertiary alicyclic amines) is 1. The summed E-state index contributed by atoms with van der Waals surface area (Å²) < 4.78 is 5.28. The van der Waals surface area contributed by atoms with Crippen LogP contribution < -0.4 is 10.1 Å². The van der Waals surface area contributed by atoms with Crippen LogP contribution in [0.4, 0.5) is 0 Å².